The van der Waals surface area contributed by atoms with E-state index in [2.05, 4.69) is 0 Å². The second kappa shape index (κ2) is 9.03. The largest absolute Gasteiger partial charge is 0.459 e. The first-order valence-corrected chi connectivity index (χ1v) is 11.7. The number of imidazole rings is 1. The summed E-state index contributed by atoms with van der Waals surface area (Å²) in [6.07, 6.45) is 1.50. The molecule has 0 bridgehead atoms. The molecule has 1 amide bonds. The molecule has 35 heavy (non-hydrogen) atoms. The van der Waals surface area contributed by atoms with Crippen molar-refractivity contribution in [2.45, 2.75) is 20.0 Å². The molecule has 1 aromatic carbocycles. The number of amides is 1. The van der Waals surface area contributed by atoms with E-state index in [1.165, 1.54) is 22.8 Å². The number of aryl methyl sites for hydroxylation is 2. The fourth-order valence-corrected chi connectivity index (χ4v) is 4.66. The van der Waals surface area contributed by atoms with Gasteiger partial charge in [0, 0.05) is 20.6 Å². The van der Waals surface area contributed by atoms with Gasteiger partial charge < -0.3 is 18.8 Å². The van der Waals surface area contributed by atoms with Crippen LogP contribution in [0.15, 0.2) is 56.7 Å². The molecule has 3 aromatic heterocycles. The highest BCUT2D eigenvalue weighted by molar-refractivity contribution is 5.91. The number of piperazine rings is 1. The maximum atomic E-state index is 13.1. The van der Waals surface area contributed by atoms with Gasteiger partial charge in [0.05, 0.1) is 32.4 Å². The van der Waals surface area contributed by atoms with Crippen LogP contribution in [0.3, 0.4) is 0 Å². The Labute approximate surface area is 201 Å². The van der Waals surface area contributed by atoms with Crippen LogP contribution in [0.5, 0.6) is 0 Å². The number of nitrogens with one attached hydrogen (secondary N) is 1. The van der Waals surface area contributed by atoms with Gasteiger partial charge >= 0.3 is 5.69 Å². The highest BCUT2D eigenvalue weighted by Gasteiger charge is 2.28. The minimum absolute atomic E-state index is 0.0980. The zero-order valence-corrected chi connectivity index (χ0v) is 20.2. The van der Waals surface area contributed by atoms with Crippen LogP contribution in [0.1, 0.15) is 27.5 Å². The third-order valence-electron chi connectivity index (χ3n) is 6.79. The van der Waals surface area contributed by atoms with Crippen LogP contribution in [0.25, 0.3) is 11.2 Å². The molecule has 0 unspecified atom stereocenters. The molecule has 4 aromatic rings. The Morgan fingerprint density at radius 1 is 1.06 bits per heavy atom. The van der Waals surface area contributed by atoms with Gasteiger partial charge in [0.1, 0.15) is 6.54 Å². The van der Waals surface area contributed by atoms with Crippen LogP contribution in [-0.4, -0.2) is 55.7 Å². The SMILES string of the molecule is Cc1ccc(Cn2c(C[NH+]3CCN(C(=O)c4ccco4)CC3)nc3c2c(=O)n(C)c(=O)n3C)cc1. The first kappa shape index (κ1) is 22.9. The lowest BCUT2D eigenvalue weighted by molar-refractivity contribution is -0.918. The number of rotatable bonds is 5. The van der Waals surface area contributed by atoms with Gasteiger partial charge in [-0.3, -0.25) is 18.7 Å². The number of carbonyl (C=O) groups is 1. The topological polar surface area (TPSA) is 99.7 Å². The van der Waals surface area contributed by atoms with Crippen molar-refractivity contribution in [1.29, 1.82) is 0 Å². The number of nitrogens with zero attached hydrogens (tertiary/aromatic N) is 5. The van der Waals surface area contributed by atoms with Crippen molar-refractivity contribution in [3.63, 3.8) is 0 Å². The molecule has 182 valence electrons. The maximum absolute atomic E-state index is 13.1. The average Bonchev–Trinajstić information content (AvgIpc) is 3.52. The van der Waals surface area contributed by atoms with E-state index in [1.807, 2.05) is 35.8 Å². The monoisotopic (exact) mass is 477 g/mol. The number of quaternary nitrogens is 1. The summed E-state index contributed by atoms with van der Waals surface area (Å²) in [6.45, 7) is 5.80. The molecule has 1 aliphatic heterocycles. The van der Waals surface area contributed by atoms with Crippen LogP contribution in [0.4, 0.5) is 0 Å². The molecule has 0 radical (unpaired) electrons. The molecule has 0 spiro atoms. The van der Waals surface area contributed by atoms with Crippen LogP contribution < -0.4 is 16.1 Å². The minimum atomic E-state index is -0.397. The summed E-state index contributed by atoms with van der Waals surface area (Å²) in [5.74, 6) is 1.00. The Hall–Kier alpha value is -3.92. The lowest BCUT2D eigenvalue weighted by atomic mass is 10.1. The van der Waals surface area contributed by atoms with Crippen LogP contribution in [-0.2, 0) is 27.2 Å². The summed E-state index contributed by atoms with van der Waals surface area (Å²) in [7, 11) is 3.14. The first-order valence-electron chi connectivity index (χ1n) is 11.7. The van der Waals surface area contributed by atoms with Gasteiger partial charge in [-0.2, -0.15) is 0 Å². The molecule has 5 rings (SSSR count). The number of aromatic nitrogens is 4. The third kappa shape index (κ3) is 4.21. The fraction of sp³-hybridized carbons (Fsp3) is 0.360. The molecule has 1 fully saturated rings. The van der Waals surface area contributed by atoms with E-state index in [0.29, 0.717) is 43.1 Å². The van der Waals surface area contributed by atoms with Crippen molar-refractivity contribution in [3.8, 4) is 0 Å². The van der Waals surface area contributed by atoms with Crippen molar-refractivity contribution in [2.24, 2.45) is 14.1 Å². The minimum Gasteiger partial charge on any atom is -0.459 e. The fourth-order valence-electron chi connectivity index (χ4n) is 4.66. The summed E-state index contributed by atoms with van der Waals surface area (Å²) < 4.78 is 9.76. The van der Waals surface area contributed by atoms with Crippen molar-refractivity contribution in [1.82, 2.24) is 23.6 Å². The Morgan fingerprint density at radius 2 is 1.77 bits per heavy atom. The van der Waals surface area contributed by atoms with Crippen molar-refractivity contribution in [3.05, 3.63) is 86.2 Å². The Balaban J connectivity index is 1.45. The van der Waals surface area contributed by atoms with E-state index >= 15 is 0 Å². The van der Waals surface area contributed by atoms with Gasteiger partial charge in [-0.15, -0.1) is 0 Å². The maximum Gasteiger partial charge on any atom is 0.332 e. The molecular weight excluding hydrogens is 448 g/mol. The summed E-state index contributed by atoms with van der Waals surface area (Å²) >= 11 is 0. The van der Waals surface area contributed by atoms with Gasteiger partial charge in [-0.25, -0.2) is 9.78 Å². The number of fused-ring (bicyclic) bond motifs is 1. The van der Waals surface area contributed by atoms with Crippen molar-refractivity contribution >= 4 is 17.1 Å². The van der Waals surface area contributed by atoms with E-state index < -0.39 is 5.69 Å². The van der Waals surface area contributed by atoms with Gasteiger partial charge in [-0.05, 0) is 24.6 Å². The van der Waals surface area contributed by atoms with Crippen LogP contribution in [0.2, 0.25) is 0 Å². The molecule has 0 saturated carbocycles. The summed E-state index contributed by atoms with van der Waals surface area (Å²) in [5, 5.41) is 0. The average molecular weight is 478 g/mol. The summed E-state index contributed by atoms with van der Waals surface area (Å²) in [6, 6.07) is 11.6. The number of furan rings is 1. The molecule has 10 nitrogen and oxygen atoms in total. The molecule has 0 atom stereocenters. The molecule has 4 heterocycles. The van der Waals surface area contributed by atoms with Gasteiger partial charge in [-0.1, -0.05) is 29.8 Å². The Morgan fingerprint density at radius 3 is 2.43 bits per heavy atom. The van der Waals surface area contributed by atoms with Gasteiger partial charge in [0.25, 0.3) is 11.5 Å². The van der Waals surface area contributed by atoms with Crippen LogP contribution >= 0.6 is 0 Å². The quantitative estimate of drug-likeness (QED) is 0.434. The second-order valence-electron chi connectivity index (χ2n) is 9.17. The predicted octanol–water partition coefficient (Wildman–Crippen LogP) is -0.0757. The van der Waals surface area contributed by atoms with E-state index in [9.17, 15) is 14.4 Å². The normalized spacial score (nSPS) is 14.7. The summed E-state index contributed by atoms with van der Waals surface area (Å²) in [5.41, 5.74) is 2.29. The van der Waals surface area contributed by atoms with Gasteiger partial charge in [0.2, 0.25) is 0 Å². The number of hydrogen-bond donors (Lipinski definition) is 1. The van der Waals surface area contributed by atoms with Crippen molar-refractivity contribution < 1.29 is 14.1 Å². The zero-order chi connectivity index (χ0) is 24.7. The highest BCUT2D eigenvalue weighted by Crippen LogP contribution is 2.15. The third-order valence-corrected chi connectivity index (χ3v) is 6.79. The molecule has 1 N–H and O–H groups in total. The Kier molecular flexibility index (Phi) is 5.89. The van der Waals surface area contributed by atoms with Crippen molar-refractivity contribution in [2.75, 3.05) is 26.2 Å². The van der Waals surface area contributed by atoms with Crippen LogP contribution in [0, 0.1) is 6.92 Å². The standard InChI is InChI=1S/C25H28N6O4/c1-17-6-8-18(9-7-17)15-31-20(26-22-21(31)24(33)28(3)25(34)27(22)2)16-29-10-12-30(13-11-29)23(32)19-5-4-14-35-19/h4-9,14H,10-13,15-16H2,1-3H3/p+1. The smallest absolute Gasteiger partial charge is 0.332 e. The highest BCUT2D eigenvalue weighted by atomic mass is 16.3. The molecular formula is C25H29N6O4+. The number of carbonyl (C=O) groups excluding carboxylic acids is 1. The molecule has 1 aliphatic rings. The first-order chi connectivity index (χ1) is 16.8. The van der Waals surface area contributed by atoms with E-state index in [-0.39, 0.29) is 11.5 Å². The van der Waals surface area contributed by atoms with Gasteiger partial charge in [0.15, 0.2) is 22.7 Å². The summed E-state index contributed by atoms with van der Waals surface area (Å²) in [4.78, 5) is 46.1. The molecule has 0 aliphatic carbocycles. The number of benzene rings is 1. The zero-order valence-electron chi connectivity index (χ0n) is 20.2. The lowest BCUT2D eigenvalue weighted by Gasteiger charge is -2.31. The number of hydrogen-bond acceptors (Lipinski definition) is 5. The van der Waals surface area contributed by atoms with E-state index in [1.54, 1.807) is 24.1 Å². The molecule has 10 heteroatoms. The van der Waals surface area contributed by atoms with E-state index in [0.717, 1.165) is 34.6 Å². The second-order valence-corrected chi connectivity index (χ2v) is 9.17. The molecule has 1 saturated heterocycles. The van der Waals surface area contributed by atoms with E-state index in [4.69, 9.17) is 9.40 Å². The lowest BCUT2D eigenvalue weighted by Crippen LogP contribution is -3.13. The predicted molar refractivity (Wildman–Crippen MR) is 130 cm³/mol. The Bertz CT molecular complexity index is 1490.